The highest BCUT2D eigenvalue weighted by atomic mass is 16.4. The summed E-state index contributed by atoms with van der Waals surface area (Å²) in [6.07, 6.45) is 1.92. The molecule has 2 aromatic carbocycles. The summed E-state index contributed by atoms with van der Waals surface area (Å²) in [5, 5.41) is 13.9. The number of carbonyl (C=O) groups is 1. The van der Waals surface area contributed by atoms with Gasteiger partial charge in [0.2, 0.25) is 0 Å². The fourth-order valence-corrected chi connectivity index (χ4v) is 3.53. The van der Waals surface area contributed by atoms with E-state index in [0.29, 0.717) is 0 Å². The molecule has 4 rings (SSSR count). The van der Waals surface area contributed by atoms with E-state index >= 15 is 0 Å². The Bertz CT molecular complexity index is 868. The Morgan fingerprint density at radius 2 is 1.58 bits per heavy atom. The maximum absolute atomic E-state index is 11.6. The smallest absolute Gasteiger partial charge is 0.307 e. The molecule has 3 aromatic rings. The van der Waals surface area contributed by atoms with Crippen LogP contribution < -0.4 is 0 Å². The second-order valence-electron chi connectivity index (χ2n) is 6.32. The molecule has 0 aliphatic heterocycles. The maximum Gasteiger partial charge on any atom is 0.307 e. The lowest BCUT2D eigenvalue weighted by molar-refractivity contribution is -0.138. The Labute approximate surface area is 140 Å². The molecule has 1 aromatic heterocycles. The molecule has 1 saturated carbocycles. The van der Waals surface area contributed by atoms with Gasteiger partial charge in [0.05, 0.1) is 17.3 Å². The Kier molecular flexibility index (Phi) is 3.45. The van der Waals surface area contributed by atoms with Crippen molar-refractivity contribution in [2.45, 2.75) is 18.8 Å². The molecule has 24 heavy (non-hydrogen) atoms. The molecule has 3 unspecified atom stereocenters. The van der Waals surface area contributed by atoms with E-state index in [0.717, 1.165) is 22.5 Å². The van der Waals surface area contributed by atoms with Gasteiger partial charge in [0.15, 0.2) is 0 Å². The van der Waals surface area contributed by atoms with Gasteiger partial charge in [-0.25, -0.2) is 4.68 Å². The molecule has 0 spiro atoms. The Hall–Kier alpha value is -2.88. The van der Waals surface area contributed by atoms with E-state index in [1.807, 2.05) is 78.5 Å². The minimum atomic E-state index is -0.722. The van der Waals surface area contributed by atoms with Crippen LogP contribution in [0.4, 0.5) is 0 Å². The summed E-state index contributed by atoms with van der Waals surface area (Å²) in [6, 6.07) is 19.9. The van der Waals surface area contributed by atoms with Crippen LogP contribution in [0.2, 0.25) is 0 Å². The number of hydrogen-bond acceptors (Lipinski definition) is 2. The van der Waals surface area contributed by atoms with E-state index < -0.39 is 5.97 Å². The van der Waals surface area contributed by atoms with Crippen molar-refractivity contribution < 1.29 is 9.90 Å². The van der Waals surface area contributed by atoms with Gasteiger partial charge in [-0.3, -0.25) is 4.79 Å². The first-order chi connectivity index (χ1) is 11.6. The van der Waals surface area contributed by atoms with E-state index in [2.05, 4.69) is 5.10 Å². The highest BCUT2D eigenvalue weighted by Crippen LogP contribution is 2.60. The van der Waals surface area contributed by atoms with E-state index in [4.69, 9.17) is 0 Å². The van der Waals surface area contributed by atoms with Crippen molar-refractivity contribution in [1.29, 1.82) is 0 Å². The van der Waals surface area contributed by atoms with Crippen molar-refractivity contribution in [2.24, 2.45) is 5.92 Å². The van der Waals surface area contributed by atoms with Crippen molar-refractivity contribution in [1.82, 2.24) is 9.78 Å². The zero-order chi connectivity index (χ0) is 16.7. The number of aryl methyl sites for hydroxylation is 1. The topological polar surface area (TPSA) is 55.1 Å². The molecule has 4 heteroatoms. The molecule has 3 atom stereocenters. The lowest BCUT2D eigenvalue weighted by atomic mass is 10.0. The van der Waals surface area contributed by atoms with E-state index in [-0.39, 0.29) is 17.8 Å². The summed E-state index contributed by atoms with van der Waals surface area (Å²) in [5.41, 5.74) is 4.12. The van der Waals surface area contributed by atoms with E-state index in [1.54, 1.807) is 0 Å². The number of rotatable bonds is 4. The lowest BCUT2D eigenvalue weighted by Gasteiger charge is -2.04. The van der Waals surface area contributed by atoms with Gasteiger partial charge >= 0.3 is 5.97 Å². The SMILES string of the molecule is Cc1ccn(-c2ccc(C3C(C(=O)O)C3c3ccccc3)cc2)n1. The Morgan fingerprint density at radius 3 is 2.12 bits per heavy atom. The summed E-state index contributed by atoms with van der Waals surface area (Å²) >= 11 is 0. The van der Waals surface area contributed by atoms with Crippen LogP contribution in [0.5, 0.6) is 0 Å². The van der Waals surface area contributed by atoms with Crippen LogP contribution in [-0.4, -0.2) is 20.9 Å². The van der Waals surface area contributed by atoms with Gasteiger partial charge in [-0.2, -0.15) is 5.10 Å². The first-order valence-electron chi connectivity index (χ1n) is 8.05. The van der Waals surface area contributed by atoms with Gasteiger partial charge in [0, 0.05) is 18.0 Å². The van der Waals surface area contributed by atoms with Crippen molar-refractivity contribution in [3.63, 3.8) is 0 Å². The summed E-state index contributed by atoms with van der Waals surface area (Å²) in [4.78, 5) is 11.6. The molecule has 0 amide bonds. The second kappa shape index (κ2) is 5.64. The zero-order valence-electron chi connectivity index (χ0n) is 13.3. The first kappa shape index (κ1) is 14.7. The van der Waals surface area contributed by atoms with Gasteiger partial charge in [-0.15, -0.1) is 0 Å². The van der Waals surface area contributed by atoms with E-state index in [9.17, 15) is 9.90 Å². The minimum Gasteiger partial charge on any atom is -0.481 e. The number of aliphatic carboxylic acids is 1. The molecular weight excluding hydrogens is 300 g/mol. The molecule has 0 saturated heterocycles. The van der Waals surface area contributed by atoms with Crippen LogP contribution in [0.1, 0.15) is 28.7 Å². The van der Waals surface area contributed by atoms with Gasteiger partial charge < -0.3 is 5.11 Å². The highest BCUT2D eigenvalue weighted by molar-refractivity contribution is 5.78. The van der Waals surface area contributed by atoms with Crippen LogP contribution in [0.3, 0.4) is 0 Å². The first-order valence-corrected chi connectivity index (χ1v) is 8.05. The molecule has 1 heterocycles. The van der Waals surface area contributed by atoms with Crippen molar-refractivity contribution in [2.75, 3.05) is 0 Å². The third-order valence-electron chi connectivity index (χ3n) is 4.75. The summed E-state index contributed by atoms with van der Waals surface area (Å²) < 4.78 is 1.83. The number of carboxylic acids is 1. The third kappa shape index (κ3) is 2.50. The summed E-state index contributed by atoms with van der Waals surface area (Å²) in [6.45, 7) is 1.96. The maximum atomic E-state index is 11.6. The van der Waals surface area contributed by atoms with Crippen LogP contribution in [0.25, 0.3) is 5.69 Å². The molecule has 4 nitrogen and oxygen atoms in total. The van der Waals surface area contributed by atoms with Crippen LogP contribution >= 0.6 is 0 Å². The van der Waals surface area contributed by atoms with Gasteiger partial charge in [-0.05, 0) is 36.2 Å². The normalized spacial score (nSPS) is 22.3. The number of benzene rings is 2. The molecule has 1 aliphatic carbocycles. The van der Waals surface area contributed by atoms with Gasteiger partial charge in [-0.1, -0.05) is 42.5 Å². The molecule has 1 N–H and O–H groups in total. The van der Waals surface area contributed by atoms with Crippen molar-refractivity contribution in [3.8, 4) is 5.69 Å². The standard InChI is InChI=1S/C20H18N2O2/c1-13-11-12-22(21-13)16-9-7-15(8-10-16)18-17(19(18)20(23)24)14-5-3-2-4-6-14/h2-12,17-19H,1H3,(H,23,24). The molecule has 120 valence electrons. The quantitative estimate of drug-likeness (QED) is 0.797. The largest absolute Gasteiger partial charge is 0.481 e. The third-order valence-corrected chi connectivity index (χ3v) is 4.75. The molecule has 0 radical (unpaired) electrons. The van der Waals surface area contributed by atoms with Gasteiger partial charge in [0.1, 0.15) is 0 Å². The molecule has 1 aliphatic rings. The fraction of sp³-hybridized carbons (Fsp3) is 0.200. The van der Waals surface area contributed by atoms with Crippen LogP contribution in [0, 0.1) is 12.8 Å². The van der Waals surface area contributed by atoms with Gasteiger partial charge in [0.25, 0.3) is 0 Å². The summed E-state index contributed by atoms with van der Waals surface area (Å²) in [7, 11) is 0. The number of aromatic nitrogens is 2. The Balaban J connectivity index is 1.62. The predicted molar refractivity (Wildman–Crippen MR) is 91.4 cm³/mol. The highest BCUT2D eigenvalue weighted by Gasteiger charge is 2.56. The number of carboxylic acid groups (broad SMARTS) is 1. The predicted octanol–water partition coefficient (Wildman–Crippen LogP) is 3.76. The number of nitrogens with zero attached hydrogens (tertiary/aromatic N) is 2. The Morgan fingerprint density at radius 1 is 0.958 bits per heavy atom. The second-order valence-corrected chi connectivity index (χ2v) is 6.32. The molecule has 0 bridgehead atoms. The monoisotopic (exact) mass is 318 g/mol. The van der Waals surface area contributed by atoms with Crippen LogP contribution in [0.15, 0.2) is 66.9 Å². The average molecular weight is 318 g/mol. The summed E-state index contributed by atoms with van der Waals surface area (Å²) in [5.74, 6) is -0.967. The molecule has 1 fully saturated rings. The van der Waals surface area contributed by atoms with E-state index in [1.165, 1.54) is 0 Å². The van der Waals surface area contributed by atoms with Crippen molar-refractivity contribution >= 4 is 5.97 Å². The average Bonchev–Trinajstić information content (AvgIpc) is 3.22. The molecular formula is C20H18N2O2. The van der Waals surface area contributed by atoms with Crippen molar-refractivity contribution in [3.05, 3.63) is 83.7 Å². The van der Waals surface area contributed by atoms with Crippen LogP contribution in [-0.2, 0) is 4.79 Å². The fourth-order valence-electron chi connectivity index (χ4n) is 3.53. The lowest BCUT2D eigenvalue weighted by Crippen LogP contribution is -2.00. The number of hydrogen-bond donors (Lipinski definition) is 1. The minimum absolute atomic E-state index is 0.0401. The zero-order valence-corrected chi connectivity index (χ0v) is 13.3.